The van der Waals surface area contributed by atoms with Gasteiger partial charge in [-0.15, -0.1) is 0 Å². The molecule has 1 unspecified atom stereocenters. The molecule has 19 heavy (non-hydrogen) atoms. The summed E-state index contributed by atoms with van der Waals surface area (Å²) < 4.78 is 0. The summed E-state index contributed by atoms with van der Waals surface area (Å²) in [5.74, 6) is 0.745. The lowest BCUT2D eigenvalue weighted by molar-refractivity contribution is 0.102. The zero-order valence-electron chi connectivity index (χ0n) is 11.1. The van der Waals surface area contributed by atoms with E-state index in [1.165, 1.54) is 0 Å². The van der Waals surface area contributed by atoms with E-state index in [2.05, 4.69) is 29.1 Å². The number of hydrogen-bond acceptors (Lipinski definition) is 3. The molecular weight excluding hydrogens is 238 g/mol. The third kappa shape index (κ3) is 3.37. The van der Waals surface area contributed by atoms with Crippen LogP contribution in [0.15, 0.2) is 42.7 Å². The molecule has 1 atom stereocenters. The van der Waals surface area contributed by atoms with Crippen molar-refractivity contribution < 1.29 is 4.79 Å². The summed E-state index contributed by atoms with van der Waals surface area (Å²) in [6.07, 6.45) is 4.46. The number of aromatic nitrogens is 2. The van der Waals surface area contributed by atoms with Gasteiger partial charge in [0.05, 0.1) is 0 Å². The second-order valence-corrected chi connectivity index (χ2v) is 4.46. The maximum Gasteiger partial charge on any atom is 0.275 e. The number of anilines is 1. The molecule has 0 aliphatic carbocycles. The Morgan fingerprint density at radius 3 is 2.68 bits per heavy atom. The van der Waals surface area contributed by atoms with Gasteiger partial charge in [0.1, 0.15) is 11.5 Å². The fraction of sp³-hybridized carbons (Fsp3) is 0.267. The predicted molar refractivity (Wildman–Crippen MR) is 75.1 cm³/mol. The van der Waals surface area contributed by atoms with Crippen molar-refractivity contribution in [2.24, 2.45) is 0 Å². The maximum absolute atomic E-state index is 12.0. The van der Waals surface area contributed by atoms with Gasteiger partial charge >= 0.3 is 0 Å². The van der Waals surface area contributed by atoms with Crippen LogP contribution in [-0.4, -0.2) is 15.9 Å². The highest BCUT2D eigenvalue weighted by atomic mass is 16.1. The topological polar surface area (TPSA) is 54.9 Å². The molecule has 2 rings (SSSR count). The van der Waals surface area contributed by atoms with Crippen LogP contribution < -0.4 is 5.32 Å². The van der Waals surface area contributed by atoms with Crippen molar-refractivity contribution in [2.75, 3.05) is 5.32 Å². The van der Waals surface area contributed by atoms with Crippen molar-refractivity contribution in [3.8, 4) is 0 Å². The van der Waals surface area contributed by atoms with Crippen molar-refractivity contribution in [1.29, 1.82) is 0 Å². The molecule has 0 saturated carbocycles. The second kappa shape index (κ2) is 6.09. The first-order valence-electron chi connectivity index (χ1n) is 6.39. The Bertz CT molecular complexity index is 537. The number of amides is 1. The van der Waals surface area contributed by atoms with E-state index >= 15 is 0 Å². The number of pyridine rings is 2. The number of carbonyl (C=O) groups is 1. The Hall–Kier alpha value is -2.23. The molecule has 1 amide bonds. The van der Waals surface area contributed by atoms with Crippen LogP contribution in [0.4, 0.5) is 5.82 Å². The van der Waals surface area contributed by atoms with Gasteiger partial charge in [-0.2, -0.15) is 0 Å². The summed E-state index contributed by atoms with van der Waals surface area (Å²) in [4.78, 5) is 20.2. The highest BCUT2D eigenvalue weighted by Gasteiger charge is 2.09. The van der Waals surface area contributed by atoms with Crippen LogP contribution in [0.2, 0.25) is 0 Å². The first-order chi connectivity index (χ1) is 9.20. The van der Waals surface area contributed by atoms with Crippen molar-refractivity contribution in [2.45, 2.75) is 26.2 Å². The SMILES string of the molecule is CCC(C)c1ccc(C(=O)Nc2ccccn2)nc1. The zero-order valence-corrected chi connectivity index (χ0v) is 11.1. The summed E-state index contributed by atoms with van der Waals surface area (Å²) >= 11 is 0. The van der Waals surface area contributed by atoms with Crippen molar-refractivity contribution in [1.82, 2.24) is 9.97 Å². The zero-order chi connectivity index (χ0) is 13.7. The number of rotatable bonds is 4. The molecule has 4 heteroatoms. The summed E-state index contributed by atoms with van der Waals surface area (Å²) in [5.41, 5.74) is 1.55. The van der Waals surface area contributed by atoms with E-state index in [9.17, 15) is 4.79 Å². The van der Waals surface area contributed by atoms with Crippen LogP contribution in [0.3, 0.4) is 0 Å². The molecule has 2 heterocycles. The van der Waals surface area contributed by atoms with Gasteiger partial charge in [-0.25, -0.2) is 4.98 Å². The van der Waals surface area contributed by atoms with E-state index in [0.717, 1.165) is 12.0 Å². The van der Waals surface area contributed by atoms with Gasteiger partial charge in [0, 0.05) is 12.4 Å². The van der Waals surface area contributed by atoms with Gasteiger partial charge in [0.15, 0.2) is 0 Å². The third-order valence-electron chi connectivity index (χ3n) is 3.11. The first kappa shape index (κ1) is 13.2. The molecule has 0 aliphatic heterocycles. The lowest BCUT2D eigenvalue weighted by Gasteiger charge is -2.09. The highest BCUT2D eigenvalue weighted by molar-refractivity contribution is 6.02. The van der Waals surface area contributed by atoms with E-state index in [-0.39, 0.29) is 5.91 Å². The van der Waals surface area contributed by atoms with Gasteiger partial charge in [0.25, 0.3) is 5.91 Å². The summed E-state index contributed by atoms with van der Waals surface area (Å²) in [5, 5.41) is 2.71. The van der Waals surface area contributed by atoms with Gasteiger partial charge in [-0.3, -0.25) is 9.78 Å². The van der Waals surface area contributed by atoms with Crippen molar-refractivity contribution in [3.63, 3.8) is 0 Å². The Morgan fingerprint density at radius 2 is 2.11 bits per heavy atom. The Morgan fingerprint density at radius 1 is 1.26 bits per heavy atom. The summed E-state index contributed by atoms with van der Waals surface area (Å²) in [7, 11) is 0. The number of nitrogens with one attached hydrogen (secondary N) is 1. The molecule has 0 radical (unpaired) electrons. The number of hydrogen-bond donors (Lipinski definition) is 1. The first-order valence-corrected chi connectivity index (χ1v) is 6.39. The van der Waals surface area contributed by atoms with Crippen LogP contribution in [0.1, 0.15) is 42.2 Å². The van der Waals surface area contributed by atoms with Gasteiger partial charge in [-0.1, -0.05) is 26.0 Å². The summed E-state index contributed by atoms with van der Waals surface area (Å²) in [6.45, 7) is 4.27. The minimum Gasteiger partial charge on any atom is -0.305 e. The predicted octanol–water partition coefficient (Wildman–Crippen LogP) is 3.24. The maximum atomic E-state index is 12.0. The Kier molecular flexibility index (Phi) is 4.23. The minimum atomic E-state index is -0.241. The fourth-order valence-electron chi connectivity index (χ4n) is 1.68. The largest absolute Gasteiger partial charge is 0.305 e. The van der Waals surface area contributed by atoms with E-state index in [0.29, 0.717) is 17.4 Å². The lowest BCUT2D eigenvalue weighted by atomic mass is 10.0. The number of carbonyl (C=O) groups excluding carboxylic acids is 1. The molecule has 0 fully saturated rings. The smallest absolute Gasteiger partial charge is 0.275 e. The number of nitrogens with zero attached hydrogens (tertiary/aromatic N) is 2. The van der Waals surface area contributed by atoms with Crippen LogP contribution in [-0.2, 0) is 0 Å². The molecule has 2 aromatic heterocycles. The Balaban J connectivity index is 2.08. The molecule has 0 spiro atoms. The Labute approximate surface area is 112 Å². The van der Waals surface area contributed by atoms with Crippen LogP contribution in [0.5, 0.6) is 0 Å². The second-order valence-electron chi connectivity index (χ2n) is 4.46. The molecular formula is C15H17N3O. The normalized spacial score (nSPS) is 11.9. The monoisotopic (exact) mass is 255 g/mol. The molecule has 4 nitrogen and oxygen atoms in total. The average molecular weight is 255 g/mol. The summed E-state index contributed by atoms with van der Waals surface area (Å²) in [6, 6.07) is 9.07. The van der Waals surface area contributed by atoms with Gasteiger partial charge < -0.3 is 5.32 Å². The average Bonchev–Trinajstić information content (AvgIpc) is 2.47. The fourth-order valence-corrected chi connectivity index (χ4v) is 1.68. The van der Waals surface area contributed by atoms with E-state index < -0.39 is 0 Å². The highest BCUT2D eigenvalue weighted by Crippen LogP contribution is 2.17. The van der Waals surface area contributed by atoms with E-state index in [1.807, 2.05) is 12.1 Å². The van der Waals surface area contributed by atoms with Crippen molar-refractivity contribution in [3.05, 3.63) is 54.0 Å². The molecule has 98 valence electrons. The quantitative estimate of drug-likeness (QED) is 0.912. The van der Waals surface area contributed by atoms with Gasteiger partial charge in [-0.05, 0) is 36.1 Å². The van der Waals surface area contributed by atoms with Crippen LogP contribution in [0.25, 0.3) is 0 Å². The standard InChI is InChI=1S/C15H17N3O/c1-3-11(2)12-7-8-13(17-10-12)15(19)18-14-6-4-5-9-16-14/h4-11H,3H2,1-2H3,(H,16,18,19). The van der Waals surface area contributed by atoms with E-state index in [1.54, 1.807) is 30.6 Å². The van der Waals surface area contributed by atoms with E-state index in [4.69, 9.17) is 0 Å². The molecule has 0 saturated heterocycles. The van der Waals surface area contributed by atoms with Crippen molar-refractivity contribution >= 4 is 11.7 Å². The van der Waals surface area contributed by atoms with Crippen LogP contribution in [0, 0.1) is 0 Å². The van der Waals surface area contributed by atoms with Gasteiger partial charge in [0.2, 0.25) is 0 Å². The molecule has 0 aliphatic rings. The lowest BCUT2D eigenvalue weighted by Crippen LogP contribution is -2.14. The third-order valence-corrected chi connectivity index (χ3v) is 3.11. The molecule has 0 aromatic carbocycles. The molecule has 2 aromatic rings. The van der Waals surface area contributed by atoms with Crippen LogP contribution >= 0.6 is 0 Å². The molecule has 1 N–H and O–H groups in total. The molecule has 0 bridgehead atoms. The minimum absolute atomic E-state index is 0.241.